The van der Waals surface area contributed by atoms with E-state index in [1.807, 2.05) is 69.1 Å². The third kappa shape index (κ3) is 7.34. The fourth-order valence-corrected chi connectivity index (χ4v) is 0.811. The van der Waals surface area contributed by atoms with Gasteiger partial charge in [-0.3, -0.25) is 0 Å². The van der Waals surface area contributed by atoms with Crippen LogP contribution in [0.3, 0.4) is 0 Å². The van der Waals surface area contributed by atoms with E-state index < -0.39 is 0 Å². The summed E-state index contributed by atoms with van der Waals surface area (Å²) in [6.45, 7) is 0. The quantitative estimate of drug-likeness (QED) is 0.368. The summed E-state index contributed by atoms with van der Waals surface area (Å²) in [4.78, 5) is 8.21. The average molecular weight is 197 g/mol. The Hall–Kier alpha value is -1.32. The van der Waals surface area contributed by atoms with Crippen LogP contribution in [0.15, 0.2) is 16.9 Å². The molecule has 0 saturated carbocycles. The van der Waals surface area contributed by atoms with Crippen molar-refractivity contribution >= 4 is 12.6 Å². The van der Waals surface area contributed by atoms with Gasteiger partial charge in [0.2, 0.25) is 0 Å². The monoisotopic (exact) mass is 197 g/mol. The van der Waals surface area contributed by atoms with Crippen molar-refractivity contribution in [3.63, 3.8) is 0 Å². The van der Waals surface area contributed by atoms with Gasteiger partial charge in [0, 0.05) is 34.4 Å². The lowest BCUT2D eigenvalue weighted by atomic mass is 10.5. The first-order chi connectivity index (χ1) is 6.41. The minimum atomic E-state index is 0.925. The Morgan fingerprint density at radius 1 is 1.07 bits per heavy atom. The molecular formula is C10H21N4+. The first-order valence-electron chi connectivity index (χ1n) is 4.52. The lowest BCUT2D eigenvalue weighted by Crippen LogP contribution is -2.10. The second kappa shape index (κ2) is 6.18. The van der Waals surface area contributed by atoms with Crippen molar-refractivity contribution in [3.05, 3.63) is 11.9 Å². The summed E-state index contributed by atoms with van der Waals surface area (Å²) >= 11 is 0. The van der Waals surface area contributed by atoms with E-state index in [4.69, 9.17) is 0 Å². The number of hydrogen-bond donors (Lipinski definition) is 0. The molecule has 0 radical (unpaired) electrons. The molecule has 0 N–H and O–H groups in total. The predicted molar refractivity (Wildman–Crippen MR) is 62.1 cm³/mol. The van der Waals surface area contributed by atoms with E-state index in [0.29, 0.717) is 0 Å². The third-order valence-corrected chi connectivity index (χ3v) is 1.22. The topological polar surface area (TPSA) is 21.9 Å². The van der Waals surface area contributed by atoms with E-state index in [-0.39, 0.29) is 0 Å². The molecule has 4 nitrogen and oxygen atoms in total. The molecule has 0 aromatic rings. The highest BCUT2D eigenvalue weighted by atomic mass is 15.1. The first kappa shape index (κ1) is 12.7. The number of allylic oxidation sites excluding steroid dienone is 1. The maximum Gasteiger partial charge on any atom is 0.190 e. The summed E-state index contributed by atoms with van der Waals surface area (Å²) in [5.41, 5.74) is 0.925. The molecule has 0 aromatic carbocycles. The largest absolute Gasteiger partial charge is 0.382 e. The smallest absolute Gasteiger partial charge is 0.190 e. The van der Waals surface area contributed by atoms with Crippen LogP contribution in [0, 0.1) is 0 Å². The minimum Gasteiger partial charge on any atom is -0.382 e. The highest BCUT2D eigenvalue weighted by Gasteiger charge is 1.95. The van der Waals surface area contributed by atoms with E-state index in [0.717, 1.165) is 5.70 Å². The van der Waals surface area contributed by atoms with Crippen molar-refractivity contribution in [1.82, 2.24) is 9.80 Å². The Labute approximate surface area is 86.9 Å². The number of rotatable bonds is 4. The lowest BCUT2D eigenvalue weighted by Gasteiger charge is -2.06. The van der Waals surface area contributed by atoms with Crippen LogP contribution in [0.4, 0.5) is 0 Å². The van der Waals surface area contributed by atoms with Crippen molar-refractivity contribution in [2.24, 2.45) is 4.99 Å². The van der Waals surface area contributed by atoms with Crippen molar-refractivity contribution < 1.29 is 4.58 Å². The molecule has 0 rings (SSSR count). The van der Waals surface area contributed by atoms with Gasteiger partial charge >= 0.3 is 0 Å². The van der Waals surface area contributed by atoms with Gasteiger partial charge < -0.3 is 9.80 Å². The summed E-state index contributed by atoms with van der Waals surface area (Å²) in [5.74, 6) is 0. The maximum atomic E-state index is 4.33. The van der Waals surface area contributed by atoms with Gasteiger partial charge in [-0.15, -0.1) is 0 Å². The summed E-state index contributed by atoms with van der Waals surface area (Å²) in [5, 5.41) is 0. The number of aliphatic imine (C=N–C) groups is 1. The molecule has 0 unspecified atom stereocenters. The Kier molecular flexibility index (Phi) is 5.60. The van der Waals surface area contributed by atoms with Gasteiger partial charge in [0.25, 0.3) is 0 Å². The molecule has 0 spiro atoms. The van der Waals surface area contributed by atoms with Crippen LogP contribution in [0.25, 0.3) is 0 Å². The number of nitrogens with zero attached hydrogens (tertiary/aromatic N) is 4. The van der Waals surface area contributed by atoms with E-state index in [1.54, 1.807) is 6.34 Å². The van der Waals surface area contributed by atoms with E-state index in [9.17, 15) is 0 Å². The SMILES string of the molecule is CN(C)C=NC(=CN(C)C)C=[N+](C)C. The van der Waals surface area contributed by atoms with Gasteiger partial charge in [0.05, 0.1) is 6.34 Å². The fourth-order valence-electron chi connectivity index (χ4n) is 0.811. The normalized spacial score (nSPS) is 11.7. The van der Waals surface area contributed by atoms with Gasteiger partial charge in [-0.2, -0.15) is 0 Å². The van der Waals surface area contributed by atoms with Crippen LogP contribution in [0.2, 0.25) is 0 Å². The van der Waals surface area contributed by atoms with Gasteiger partial charge in [0.1, 0.15) is 19.8 Å². The molecule has 14 heavy (non-hydrogen) atoms. The van der Waals surface area contributed by atoms with Crippen molar-refractivity contribution in [1.29, 1.82) is 0 Å². The first-order valence-corrected chi connectivity index (χ1v) is 4.52. The second-order valence-corrected chi connectivity index (χ2v) is 3.82. The Morgan fingerprint density at radius 3 is 2.00 bits per heavy atom. The van der Waals surface area contributed by atoms with Crippen LogP contribution in [0.5, 0.6) is 0 Å². The van der Waals surface area contributed by atoms with Gasteiger partial charge in [-0.25, -0.2) is 9.57 Å². The van der Waals surface area contributed by atoms with Gasteiger partial charge in [-0.1, -0.05) is 0 Å². The van der Waals surface area contributed by atoms with Crippen molar-refractivity contribution in [2.75, 3.05) is 42.3 Å². The lowest BCUT2D eigenvalue weighted by molar-refractivity contribution is -0.459. The summed E-state index contributed by atoms with van der Waals surface area (Å²) in [6.07, 6.45) is 5.73. The Balaban J connectivity index is 4.66. The molecule has 0 saturated heterocycles. The minimum absolute atomic E-state index is 0.925. The molecule has 0 fully saturated rings. The molecular weight excluding hydrogens is 176 g/mol. The second-order valence-electron chi connectivity index (χ2n) is 3.82. The standard InChI is InChI=1S/C10H21N4/c1-12(2)7-10(8-13(3)4)11-9-14(5)6/h7-9H,1-6H3/q+1. The summed E-state index contributed by atoms with van der Waals surface area (Å²) < 4.78 is 1.97. The summed E-state index contributed by atoms with van der Waals surface area (Å²) in [7, 11) is 11.8. The molecule has 0 heterocycles. The molecule has 0 aromatic heterocycles. The van der Waals surface area contributed by atoms with Crippen molar-refractivity contribution in [3.8, 4) is 0 Å². The number of hydrogen-bond acceptors (Lipinski definition) is 2. The van der Waals surface area contributed by atoms with E-state index in [1.165, 1.54) is 0 Å². The van der Waals surface area contributed by atoms with Crippen LogP contribution < -0.4 is 0 Å². The zero-order valence-electron chi connectivity index (χ0n) is 10.0. The highest BCUT2D eigenvalue weighted by molar-refractivity contribution is 5.76. The Morgan fingerprint density at radius 2 is 1.64 bits per heavy atom. The van der Waals surface area contributed by atoms with E-state index >= 15 is 0 Å². The fraction of sp³-hybridized carbons (Fsp3) is 0.600. The highest BCUT2D eigenvalue weighted by Crippen LogP contribution is 1.93. The van der Waals surface area contributed by atoms with Crippen LogP contribution in [0.1, 0.15) is 0 Å². The molecule has 0 atom stereocenters. The summed E-state index contributed by atoms with van der Waals surface area (Å²) in [6, 6.07) is 0. The van der Waals surface area contributed by atoms with Crippen LogP contribution in [-0.2, 0) is 0 Å². The molecule has 0 bridgehead atoms. The van der Waals surface area contributed by atoms with Crippen LogP contribution in [-0.4, -0.2) is 69.2 Å². The van der Waals surface area contributed by atoms with Crippen molar-refractivity contribution in [2.45, 2.75) is 0 Å². The molecule has 0 aliphatic heterocycles. The van der Waals surface area contributed by atoms with Gasteiger partial charge in [0.15, 0.2) is 6.21 Å². The maximum absolute atomic E-state index is 4.33. The molecule has 0 aliphatic rings. The zero-order chi connectivity index (χ0) is 11.1. The third-order valence-electron chi connectivity index (χ3n) is 1.22. The van der Waals surface area contributed by atoms with Crippen LogP contribution >= 0.6 is 0 Å². The molecule has 0 amide bonds. The molecule has 4 heteroatoms. The molecule has 80 valence electrons. The Bertz CT molecular complexity index is 245. The zero-order valence-corrected chi connectivity index (χ0v) is 10.0. The average Bonchev–Trinajstić information content (AvgIpc) is 1.97. The van der Waals surface area contributed by atoms with Gasteiger partial charge in [-0.05, 0) is 0 Å². The predicted octanol–water partition coefficient (Wildman–Crippen LogP) is 0.322. The van der Waals surface area contributed by atoms with E-state index in [2.05, 4.69) is 4.99 Å². The molecule has 0 aliphatic carbocycles.